The number of hydrogen-bond acceptors (Lipinski definition) is 1. The third-order valence-electron chi connectivity index (χ3n) is 4.17. The van der Waals surface area contributed by atoms with Gasteiger partial charge in [-0.05, 0) is 30.9 Å². The summed E-state index contributed by atoms with van der Waals surface area (Å²) >= 11 is 6.14. The molecule has 2 nitrogen and oxygen atoms in total. The van der Waals surface area contributed by atoms with Crippen molar-refractivity contribution in [2.45, 2.75) is 57.2 Å². The lowest BCUT2D eigenvalue weighted by Gasteiger charge is -2.21. The lowest BCUT2D eigenvalue weighted by atomic mass is 9.86. The number of halogens is 1. The van der Waals surface area contributed by atoms with Gasteiger partial charge in [-0.1, -0.05) is 50.3 Å². The molecule has 1 fully saturated rings. The van der Waals surface area contributed by atoms with Crippen LogP contribution in [0.5, 0.6) is 0 Å². The van der Waals surface area contributed by atoms with Crippen LogP contribution in [0.2, 0.25) is 0 Å². The fraction of sp³-hybridized carbons (Fsp3) is 0.588. The van der Waals surface area contributed by atoms with Crippen LogP contribution in [-0.2, 0) is 4.79 Å². The topological polar surface area (TPSA) is 29.1 Å². The molecule has 1 atom stereocenters. The van der Waals surface area contributed by atoms with Gasteiger partial charge in [-0.25, -0.2) is 0 Å². The number of para-hydroxylation sites is 1. The van der Waals surface area contributed by atoms with Crippen molar-refractivity contribution in [2.75, 3.05) is 5.32 Å². The molecule has 2 rings (SSSR count). The first-order valence-corrected chi connectivity index (χ1v) is 8.13. The highest BCUT2D eigenvalue weighted by molar-refractivity contribution is 6.21. The predicted molar refractivity (Wildman–Crippen MR) is 85.1 cm³/mol. The molecule has 0 bridgehead atoms. The van der Waals surface area contributed by atoms with Crippen LogP contribution in [0.15, 0.2) is 24.3 Å². The van der Waals surface area contributed by atoms with Crippen molar-refractivity contribution >= 4 is 23.2 Å². The van der Waals surface area contributed by atoms with Crippen molar-refractivity contribution in [3.8, 4) is 0 Å². The summed E-state index contributed by atoms with van der Waals surface area (Å²) in [5.41, 5.74) is 1.84. The number of nitrogens with one attached hydrogen (secondary N) is 1. The molecule has 110 valence electrons. The van der Waals surface area contributed by atoms with Crippen molar-refractivity contribution < 1.29 is 4.79 Å². The number of carbonyl (C=O) groups is 1. The average molecular weight is 294 g/mol. The Labute approximate surface area is 126 Å². The zero-order chi connectivity index (χ0) is 14.4. The zero-order valence-electron chi connectivity index (χ0n) is 12.2. The first-order chi connectivity index (χ1) is 9.66. The number of benzene rings is 1. The molecule has 0 spiro atoms. The Morgan fingerprint density at radius 2 is 2.00 bits per heavy atom. The predicted octanol–water partition coefficient (Wildman–Crippen LogP) is 5.29. The molecule has 1 aromatic carbocycles. The second kappa shape index (κ2) is 7.68. The molecule has 1 aliphatic carbocycles. The molecular weight excluding hydrogens is 270 g/mol. The van der Waals surface area contributed by atoms with E-state index in [4.69, 9.17) is 11.6 Å². The van der Waals surface area contributed by atoms with E-state index in [2.05, 4.69) is 5.32 Å². The van der Waals surface area contributed by atoms with Gasteiger partial charge >= 0.3 is 0 Å². The smallest absolute Gasteiger partial charge is 0.224 e. The van der Waals surface area contributed by atoms with Crippen LogP contribution in [-0.4, -0.2) is 5.91 Å². The van der Waals surface area contributed by atoms with Gasteiger partial charge in [0.25, 0.3) is 0 Å². The summed E-state index contributed by atoms with van der Waals surface area (Å²) < 4.78 is 0. The van der Waals surface area contributed by atoms with Gasteiger partial charge in [0.05, 0.1) is 5.38 Å². The number of anilines is 1. The van der Waals surface area contributed by atoms with E-state index >= 15 is 0 Å². The summed E-state index contributed by atoms with van der Waals surface area (Å²) in [5.74, 6) is 0.858. The maximum Gasteiger partial charge on any atom is 0.224 e. The molecule has 20 heavy (non-hydrogen) atoms. The minimum atomic E-state index is -0.0927. The first-order valence-electron chi connectivity index (χ1n) is 7.69. The van der Waals surface area contributed by atoms with Crippen LogP contribution >= 0.6 is 11.6 Å². The summed E-state index contributed by atoms with van der Waals surface area (Å²) in [5, 5.41) is 2.92. The molecule has 1 N–H and O–H groups in total. The molecular formula is C17H24ClNO. The molecule has 1 aliphatic rings. The number of amides is 1. The minimum absolute atomic E-state index is 0.0927. The lowest BCUT2D eigenvalue weighted by molar-refractivity contribution is -0.116. The van der Waals surface area contributed by atoms with Gasteiger partial charge in [-0.2, -0.15) is 0 Å². The quantitative estimate of drug-likeness (QED) is 0.735. The number of rotatable bonds is 5. The highest BCUT2D eigenvalue weighted by Crippen LogP contribution is 2.29. The fourth-order valence-corrected chi connectivity index (χ4v) is 3.17. The third kappa shape index (κ3) is 4.52. The highest BCUT2D eigenvalue weighted by Gasteiger charge is 2.15. The fourth-order valence-electron chi connectivity index (χ4n) is 2.98. The first kappa shape index (κ1) is 15.4. The summed E-state index contributed by atoms with van der Waals surface area (Å²) in [6, 6.07) is 7.77. The van der Waals surface area contributed by atoms with Crippen LogP contribution < -0.4 is 5.32 Å². The molecule has 1 aromatic rings. The van der Waals surface area contributed by atoms with E-state index in [0.29, 0.717) is 6.42 Å². The van der Waals surface area contributed by atoms with Gasteiger partial charge in [0.15, 0.2) is 0 Å². The third-order valence-corrected chi connectivity index (χ3v) is 4.40. The summed E-state index contributed by atoms with van der Waals surface area (Å²) in [6.45, 7) is 1.93. The molecule has 0 saturated heterocycles. The molecule has 0 heterocycles. The van der Waals surface area contributed by atoms with Gasteiger partial charge < -0.3 is 5.32 Å². The Morgan fingerprint density at radius 3 is 2.70 bits per heavy atom. The maximum absolute atomic E-state index is 12.1. The van der Waals surface area contributed by atoms with E-state index in [1.165, 1.54) is 32.1 Å². The largest absolute Gasteiger partial charge is 0.326 e. The van der Waals surface area contributed by atoms with Crippen LogP contribution in [0, 0.1) is 5.92 Å². The molecule has 1 amide bonds. The van der Waals surface area contributed by atoms with Crippen LogP contribution in [0.1, 0.15) is 62.8 Å². The van der Waals surface area contributed by atoms with Crippen LogP contribution in [0.4, 0.5) is 5.69 Å². The Balaban J connectivity index is 1.85. The van der Waals surface area contributed by atoms with Crippen molar-refractivity contribution in [2.24, 2.45) is 5.92 Å². The van der Waals surface area contributed by atoms with E-state index in [1.54, 1.807) is 0 Å². The molecule has 3 heteroatoms. The zero-order valence-corrected chi connectivity index (χ0v) is 13.0. The molecule has 0 radical (unpaired) electrons. The Bertz CT molecular complexity index is 438. The lowest BCUT2D eigenvalue weighted by Crippen LogP contribution is -2.15. The van der Waals surface area contributed by atoms with E-state index in [1.807, 2.05) is 31.2 Å². The Hall–Kier alpha value is -1.02. The van der Waals surface area contributed by atoms with Crippen molar-refractivity contribution in [3.63, 3.8) is 0 Å². The monoisotopic (exact) mass is 293 g/mol. The number of hydrogen-bond donors (Lipinski definition) is 1. The average Bonchev–Trinajstić information content (AvgIpc) is 2.46. The molecule has 0 aliphatic heterocycles. The summed E-state index contributed by atoms with van der Waals surface area (Å²) in [7, 11) is 0. The number of carbonyl (C=O) groups excluding carboxylic acids is 1. The molecule has 1 saturated carbocycles. The minimum Gasteiger partial charge on any atom is -0.326 e. The summed E-state index contributed by atoms with van der Waals surface area (Å²) in [4.78, 5) is 12.1. The van der Waals surface area contributed by atoms with Crippen molar-refractivity contribution in [1.82, 2.24) is 0 Å². The Kier molecular flexibility index (Phi) is 5.90. The summed E-state index contributed by atoms with van der Waals surface area (Å²) in [6.07, 6.45) is 8.26. The van der Waals surface area contributed by atoms with E-state index < -0.39 is 0 Å². The van der Waals surface area contributed by atoms with Gasteiger partial charge in [-0.3, -0.25) is 4.79 Å². The standard InChI is InChI=1S/C17H24ClNO/c1-13(18)15-9-5-6-10-16(15)19-17(20)12-11-14-7-3-2-4-8-14/h5-6,9-10,13-14H,2-4,7-8,11-12H2,1H3,(H,19,20). The SMILES string of the molecule is CC(Cl)c1ccccc1NC(=O)CCC1CCCCC1. The number of alkyl halides is 1. The van der Waals surface area contributed by atoms with Crippen LogP contribution in [0.25, 0.3) is 0 Å². The van der Waals surface area contributed by atoms with Gasteiger partial charge in [0, 0.05) is 12.1 Å². The van der Waals surface area contributed by atoms with Crippen molar-refractivity contribution in [1.29, 1.82) is 0 Å². The highest BCUT2D eigenvalue weighted by atomic mass is 35.5. The maximum atomic E-state index is 12.1. The van der Waals surface area contributed by atoms with Gasteiger partial charge in [-0.15, -0.1) is 11.6 Å². The van der Waals surface area contributed by atoms with E-state index in [-0.39, 0.29) is 11.3 Å². The Morgan fingerprint density at radius 1 is 1.30 bits per heavy atom. The van der Waals surface area contributed by atoms with Crippen molar-refractivity contribution in [3.05, 3.63) is 29.8 Å². The molecule has 0 aromatic heterocycles. The normalized spacial score (nSPS) is 17.7. The molecule has 1 unspecified atom stereocenters. The van der Waals surface area contributed by atoms with E-state index in [9.17, 15) is 4.79 Å². The van der Waals surface area contributed by atoms with Gasteiger partial charge in [0.1, 0.15) is 0 Å². The second-order valence-electron chi connectivity index (χ2n) is 5.79. The van der Waals surface area contributed by atoms with Gasteiger partial charge in [0.2, 0.25) is 5.91 Å². The second-order valence-corrected chi connectivity index (χ2v) is 6.45. The van der Waals surface area contributed by atoms with Crippen LogP contribution in [0.3, 0.4) is 0 Å². The van der Waals surface area contributed by atoms with E-state index in [0.717, 1.165) is 23.6 Å².